The molecule has 2 N–H and O–H groups in total. The second-order valence-electron chi connectivity index (χ2n) is 5.38. The fraction of sp³-hybridized carbons (Fsp3) is 0.294. The van der Waals surface area contributed by atoms with Gasteiger partial charge in [0.15, 0.2) is 0 Å². The summed E-state index contributed by atoms with van der Waals surface area (Å²) < 4.78 is 0. The zero-order chi connectivity index (χ0) is 15.4. The fourth-order valence-electron chi connectivity index (χ4n) is 2.61. The van der Waals surface area contributed by atoms with Crippen molar-refractivity contribution in [3.8, 4) is 0 Å². The third-order valence-corrected chi connectivity index (χ3v) is 3.88. The van der Waals surface area contributed by atoms with Crippen molar-refractivity contribution in [2.45, 2.75) is 0 Å². The van der Waals surface area contributed by atoms with Crippen LogP contribution in [0.25, 0.3) is 10.8 Å². The molecule has 2 amide bonds. The summed E-state index contributed by atoms with van der Waals surface area (Å²) in [4.78, 5) is 26.0. The molecule has 2 aromatic carbocycles. The maximum atomic E-state index is 12.2. The highest BCUT2D eigenvalue weighted by Crippen LogP contribution is 2.15. The first kappa shape index (κ1) is 14.5. The van der Waals surface area contributed by atoms with E-state index in [1.807, 2.05) is 36.4 Å². The Morgan fingerprint density at radius 1 is 1.05 bits per heavy atom. The molecule has 1 aliphatic rings. The molecular formula is C17H19N3O2. The second kappa shape index (κ2) is 6.58. The zero-order valence-electron chi connectivity index (χ0n) is 12.3. The number of benzene rings is 2. The maximum Gasteiger partial charge on any atom is 0.251 e. The number of piperazine rings is 1. The molecule has 2 aromatic rings. The third kappa shape index (κ3) is 3.26. The molecular weight excluding hydrogens is 278 g/mol. The smallest absolute Gasteiger partial charge is 0.251 e. The number of carbonyl (C=O) groups is 2. The predicted octanol–water partition coefficient (Wildman–Crippen LogP) is 1.00. The van der Waals surface area contributed by atoms with Gasteiger partial charge in [-0.05, 0) is 22.9 Å². The summed E-state index contributed by atoms with van der Waals surface area (Å²) in [5.74, 6) is -0.245. The minimum absolute atomic E-state index is 0.0318. The van der Waals surface area contributed by atoms with Gasteiger partial charge in [-0.2, -0.15) is 0 Å². The molecule has 1 heterocycles. The van der Waals surface area contributed by atoms with Crippen LogP contribution in [0.15, 0.2) is 42.5 Å². The summed E-state index contributed by atoms with van der Waals surface area (Å²) in [6.07, 6.45) is 0. The minimum atomic E-state index is -0.214. The van der Waals surface area contributed by atoms with Gasteiger partial charge >= 0.3 is 0 Å². The molecule has 1 fully saturated rings. The van der Waals surface area contributed by atoms with Gasteiger partial charge in [-0.25, -0.2) is 0 Å². The van der Waals surface area contributed by atoms with Gasteiger partial charge in [0.1, 0.15) is 0 Å². The van der Waals surface area contributed by atoms with Crippen LogP contribution < -0.4 is 10.6 Å². The quantitative estimate of drug-likeness (QED) is 0.888. The molecule has 1 aliphatic heterocycles. The Morgan fingerprint density at radius 3 is 2.55 bits per heavy atom. The fourth-order valence-corrected chi connectivity index (χ4v) is 2.61. The van der Waals surface area contributed by atoms with Gasteiger partial charge in [-0.3, -0.25) is 9.59 Å². The van der Waals surface area contributed by atoms with Crippen LogP contribution in [0.5, 0.6) is 0 Å². The van der Waals surface area contributed by atoms with E-state index in [-0.39, 0.29) is 18.4 Å². The third-order valence-electron chi connectivity index (χ3n) is 3.88. The van der Waals surface area contributed by atoms with E-state index in [4.69, 9.17) is 0 Å². The molecule has 0 bridgehead atoms. The molecule has 114 valence electrons. The number of carbonyl (C=O) groups excluding carboxylic acids is 2. The highest BCUT2D eigenvalue weighted by atomic mass is 16.2. The average molecular weight is 297 g/mol. The zero-order valence-corrected chi connectivity index (χ0v) is 12.3. The first-order chi connectivity index (χ1) is 10.7. The Kier molecular flexibility index (Phi) is 4.34. The Balaban J connectivity index is 1.61. The lowest BCUT2D eigenvalue weighted by Crippen LogP contribution is -2.49. The van der Waals surface area contributed by atoms with Gasteiger partial charge in [0.05, 0.1) is 6.54 Å². The standard InChI is InChI=1S/C17H19N3O2/c21-16(20-9-7-18-8-10-20)12-19-17(22)15-6-5-13-3-1-2-4-14(13)11-15/h1-6,11,18H,7-10,12H2,(H,19,22). The number of rotatable bonds is 3. The van der Waals surface area contributed by atoms with Crippen LogP contribution in [0, 0.1) is 0 Å². The highest BCUT2D eigenvalue weighted by molar-refractivity contribution is 6.00. The largest absolute Gasteiger partial charge is 0.343 e. The van der Waals surface area contributed by atoms with Crippen LogP contribution in [-0.4, -0.2) is 49.4 Å². The molecule has 0 atom stereocenters. The molecule has 0 spiro atoms. The van der Waals surface area contributed by atoms with Crippen molar-refractivity contribution in [2.24, 2.45) is 0 Å². The summed E-state index contributed by atoms with van der Waals surface area (Å²) in [6.45, 7) is 3.07. The van der Waals surface area contributed by atoms with Crippen molar-refractivity contribution in [3.63, 3.8) is 0 Å². The first-order valence-corrected chi connectivity index (χ1v) is 7.49. The maximum absolute atomic E-state index is 12.2. The Labute approximate surface area is 129 Å². The van der Waals surface area contributed by atoms with Crippen LogP contribution >= 0.6 is 0 Å². The molecule has 1 saturated heterocycles. The topological polar surface area (TPSA) is 61.4 Å². The van der Waals surface area contributed by atoms with Gasteiger partial charge in [-0.15, -0.1) is 0 Å². The monoisotopic (exact) mass is 297 g/mol. The Bertz CT molecular complexity index is 693. The van der Waals surface area contributed by atoms with Crippen molar-refractivity contribution in [2.75, 3.05) is 32.7 Å². The minimum Gasteiger partial charge on any atom is -0.343 e. The molecule has 0 saturated carbocycles. The van der Waals surface area contributed by atoms with Crippen molar-refractivity contribution in [3.05, 3.63) is 48.0 Å². The second-order valence-corrected chi connectivity index (χ2v) is 5.38. The number of hydrogen-bond donors (Lipinski definition) is 2. The summed E-state index contributed by atoms with van der Waals surface area (Å²) >= 11 is 0. The average Bonchev–Trinajstić information content (AvgIpc) is 2.59. The molecule has 5 heteroatoms. The molecule has 0 unspecified atom stereocenters. The molecule has 5 nitrogen and oxygen atoms in total. The highest BCUT2D eigenvalue weighted by Gasteiger charge is 2.17. The van der Waals surface area contributed by atoms with Crippen molar-refractivity contribution in [1.29, 1.82) is 0 Å². The van der Waals surface area contributed by atoms with E-state index in [0.29, 0.717) is 18.7 Å². The van der Waals surface area contributed by atoms with E-state index < -0.39 is 0 Å². The van der Waals surface area contributed by atoms with Crippen LogP contribution in [0.3, 0.4) is 0 Å². The Hall–Kier alpha value is -2.40. The van der Waals surface area contributed by atoms with E-state index in [9.17, 15) is 9.59 Å². The SMILES string of the molecule is O=C(NCC(=O)N1CCNCC1)c1ccc2ccccc2c1. The van der Waals surface area contributed by atoms with E-state index in [1.165, 1.54) is 0 Å². The van der Waals surface area contributed by atoms with E-state index >= 15 is 0 Å². The van der Waals surface area contributed by atoms with Gasteiger partial charge in [-0.1, -0.05) is 30.3 Å². The van der Waals surface area contributed by atoms with Crippen LogP contribution in [0.4, 0.5) is 0 Å². The lowest BCUT2D eigenvalue weighted by Gasteiger charge is -2.27. The lowest BCUT2D eigenvalue weighted by atomic mass is 10.1. The summed E-state index contributed by atoms with van der Waals surface area (Å²) in [5.41, 5.74) is 0.576. The van der Waals surface area contributed by atoms with E-state index in [1.54, 1.807) is 11.0 Å². The van der Waals surface area contributed by atoms with Crippen LogP contribution in [-0.2, 0) is 4.79 Å². The van der Waals surface area contributed by atoms with Gasteiger partial charge in [0.25, 0.3) is 5.91 Å². The van der Waals surface area contributed by atoms with E-state index in [0.717, 1.165) is 23.9 Å². The molecule has 0 radical (unpaired) electrons. The van der Waals surface area contributed by atoms with Crippen molar-refractivity contribution in [1.82, 2.24) is 15.5 Å². The number of fused-ring (bicyclic) bond motifs is 1. The molecule has 0 aliphatic carbocycles. The first-order valence-electron chi connectivity index (χ1n) is 7.49. The summed E-state index contributed by atoms with van der Waals surface area (Å²) in [5, 5.41) is 8.02. The number of hydrogen-bond acceptors (Lipinski definition) is 3. The predicted molar refractivity (Wildman–Crippen MR) is 85.7 cm³/mol. The normalized spacial score (nSPS) is 14.8. The number of nitrogens with zero attached hydrogens (tertiary/aromatic N) is 1. The summed E-state index contributed by atoms with van der Waals surface area (Å²) in [7, 11) is 0. The lowest BCUT2D eigenvalue weighted by molar-refractivity contribution is -0.130. The van der Waals surface area contributed by atoms with Crippen LogP contribution in [0.1, 0.15) is 10.4 Å². The van der Waals surface area contributed by atoms with Crippen LogP contribution in [0.2, 0.25) is 0 Å². The van der Waals surface area contributed by atoms with E-state index in [2.05, 4.69) is 10.6 Å². The molecule has 3 rings (SSSR count). The van der Waals surface area contributed by atoms with Crippen molar-refractivity contribution >= 4 is 22.6 Å². The number of amides is 2. The molecule has 0 aromatic heterocycles. The van der Waals surface area contributed by atoms with Gasteiger partial charge in [0.2, 0.25) is 5.91 Å². The van der Waals surface area contributed by atoms with Gasteiger partial charge < -0.3 is 15.5 Å². The van der Waals surface area contributed by atoms with Gasteiger partial charge in [0, 0.05) is 31.7 Å². The Morgan fingerprint density at radius 2 is 1.77 bits per heavy atom. The molecule has 22 heavy (non-hydrogen) atoms. The number of nitrogens with one attached hydrogen (secondary N) is 2. The van der Waals surface area contributed by atoms with Crippen molar-refractivity contribution < 1.29 is 9.59 Å². The summed E-state index contributed by atoms with van der Waals surface area (Å²) in [6, 6.07) is 13.4.